The molecule has 3 atom stereocenters. The van der Waals surface area contributed by atoms with Crippen molar-refractivity contribution in [2.75, 3.05) is 5.32 Å². The molecule has 1 heterocycles. The fraction of sp³-hybridized carbons (Fsp3) is 0.385. The summed E-state index contributed by atoms with van der Waals surface area (Å²) in [7, 11) is -4.02. The van der Waals surface area contributed by atoms with Gasteiger partial charge in [0, 0.05) is 29.7 Å². The number of aliphatic hydroxyl groups excluding tert-OH is 1. The second-order valence-electron chi connectivity index (χ2n) is 10.1. The molecule has 3 unspecified atom stereocenters. The summed E-state index contributed by atoms with van der Waals surface area (Å²) in [5, 5.41) is 23.8. The van der Waals surface area contributed by atoms with Gasteiger partial charge in [-0.2, -0.15) is 0 Å². The molecule has 2 bridgehead atoms. The Balaban J connectivity index is 1.35. The quantitative estimate of drug-likeness (QED) is 0.402. The number of halogens is 3. The Morgan fingerprint density at radius 1 is 1.21 bits per heavy atom. The maximum Gasteiger partial charge on any atom is 0.255 e. The van der Waals surface area contributed by atoms with Crippen molar-refractivity contribution in [3.05, 3.63) is 77.3 Å². The zero-order valence-corrected chi connectivity index (χ0v) is 21.8. The average molecular weight is 566 g/mol. The molecule has 3 aromatic rings. The third kappa shape index (κ3) is 4.41. The van der Waals surface area contributed by atoms with Crippen LogP contribution < -0.4 is 5.32 Å². The highest BCUT2D eigenvalue weighted by atomic mass is 35.5. The minimum absolute atomic E-state index is 0.00292. The van der Waals surface area contributed by atoms with Gasteiger partial charge >= 0.3 is 0 Å². The molecule has 38 heavy (non-hydrogen) atoms. The van der Waals surface area contributed by atoms with E-state index in [9.17, 15) is 32.2 Å². The van der Waals surface area contributed by atoms with Gasteiger partial charge in [-0.05, 0) is 60.9 Å². The van der Waals surface area contributed by atoms with Gasteiger partial charge in [0.05, 0.1) is 33.6 Å². The summed E-state index contributed by atoms with van der Waals surface area (Å²) in [6, 6.07) is 6.66. The Hall–Kier alpha value is -2.86. The minimum atomic E-state index is -4.02. The van der Waals surface area contributed by atoms with Gasteiger partial charge in [0.15, 0.2) is 21.5 Å². The van der Waals surface area contributed by atoms with Gasteiger partial charge < -0.3 is 20.1 Å². The van der Waals surface area contributed by atoms with Crippen molar-refractivity contribution in [1.29, 1.82) is 0 Å². The number of anilines is 1. The van der Waals surface area contributed by atoms with Crippen LogP contribution in [-0.2, 0) is 16.4 Å². The molecule has 3 N–H and O–H groups in total. The van der Waals surface area contributed by atoms with E-state index in [0.717, 1.165) is 18.2 Å². The van der Waals surface area contributed by atoms with E-state index in [4.69, 9.17) is 11.6 Å². The average Bonchev–Trinajstić information content (AvgIpc) is 3.39. The number of nitrogens with zero attached hydrogens (tertiary/aromatic N) is 2. The number of hydrogen-bond acceptors (Lipinski definition) is 6. The number of carbonyl (C=O) groups excluding carboxylic acids is 1. The highest BCUT2D eigenvalue weighted by Gasteiger charge is 2.67. The highest BCUT2D eigenvalue weighted by Crippen LogP contribution is 2.60. The van der Waals surface area contributed by atoms with E-state index in [2.05, 4.69) is 10.3 Å². The Morgan fingerprint density at radius 2 is 1.92 bits per heavy atom. The van der Waals surface area contributed by atoms with Gasteiger partial charge in [-0.3, -0.25) is 4.79 Å². The van der Waals surface area contributed by atoms with Crippen LogP contribution in [-0.4, -0.2) is 51.0 Å². The van der Waals surface area contributed by atoms with E-state index >= 15 is 0 Å². The smallest absolute Gasteiger partial charge is 0.255 e. The normalized spacial score (nSPS) is 27.4. The highest BCUT2D eigenvalue weighted by molar-refractivity contribution is 7.92. The lowest BCUT2D eigenvalue weighted by Gasteiger charge is -2.64. The minimum Gasteiger partial charge on any atom is -0.388 e. The molecule has 0 aliphatic heterocycles. The lowest BCUT2D eigenvalue weighted by molar-refractivity contribution is -0.265. The molecule has 3 aliphatic rings. The topological polar surface area (TPSA) is 122 Å². The van der Waals surface area contributed by atoms with Crippen LogP contribution in [0.3, 0.4) is 0 Å². The van der Waals surface area contributed by atoms with Crippen molar-refractivity contribution in [3.63, 3.8) is 0 Å². The van der Waals surface area contributed by atoms with Gasteiger partial charge in [0.1, 0.15) is 6.10 Å². The van der Waals surface area contributed by atoms with Crippen LogP contribution in [0, 0.1) is 29.4 Å². The van der Waals surface area contributed by atoms with Crippen molar-refractivity contribution in [1.82, 2.24) is 9.55 Å². The number of imidazole rings is 1. The Morgan fingerprint density at radius 3 is 2.55 bits per heavy atom. The zero-order valence-electron chi connectivity index (χ0n) is 20.3. The van der Waals surface area contributed by atoms with Crippen LogP contribution in [0.1, 0.15) is 30.1 Å². The van der Waals surface area contributed by atoms with Crippen molar-refractivity contribution >= 4 is 33.0 Å². The first-order chi connectivity index (χ1) is 17.9. The molecule has 1 aromatic heterocycles. The molecule has 8 nitrogen and oxygen atoms in total. The fourth-order valence-electron chi connectivity index (χ4n) is 6.06. The number of carbonyl (C=O) groups is 1. The van der Waals surface area contributed by atoms with E-state index in [0.29, 0.717) is 0 Å². The molecule has 202 valence electrons. The molecule has 6 rings (SSSR count). The van der Waals surface area contributed by atoms with E-state index in [1.54, 1.807) is 17.0 Å². The SMILES string of the molecule is CC1C2CC(S(=O)(=O)c3cc(C(=O)Nc4ccc(F)c(F)c4)ccc3Cl)CC1C2(O)C(O)Cn1ccnc1. The summed E-state index contributed by atoms with van der Waals surface area (Å²) in [4.78, 5) is 16.5. The maximum atomic E-state index is 13.7. The summed E-state index contributed by atoms with van der Waals surface area (Å²) in [6.45, 7) is 2.07. The van der Waals surface area contributed by atoms with E-state index < -0.39 is 56.2 Å². The first kappa shape index (κ1) is 26.7. The van der Waals surface area contributed by atoms with Gasteiger partial charge in [0.2, 0.25) is 0 Å². The van der Waals surface area contributed by atoms with Crippen LogP contribution in [0.25, 0.3) is 0 Å². The molecule has 3 saturated carbocycles. The van der Waals surface area contributed by atoms with Gasteiger partial charge in [0.25, 0.3) is 5.91 Å². The van der Waals surface area contributed by atoms with Crippen LogP contribution in [0.15, 0.2) is 60.0 Å². The molecular weight excluding hydrogens is 540 g/mol. The molecule has 12 heteroatoms. The summed E-state index contributed by atoms with van der Waals surface area (Å²) in [5.74, 6) is -3.80. The number of amides is 1. The second-order valence-corrected chi connectivity index (χ2v) is 12.7. The fourth-order valence-corrected chi connectivity index (χ4v) is 8.41. The molecule has 0 saturated heterocycles. The third-order valence-corrected chi connectivity index (χ3v) is 10.7. The largest absolute Gasteiger partial charge is 0.388 e. The Bertz CT molecular complexity index is 1470. The molecule has 0 radical (unpaired) electrons. The molecule has 1 amide bonds. The lowest BCUT2D eigenvalue weighted by Crippen LogP contribution is -2.72. The summed E-state index contributed by atoms with van der Waals surface area (Å²) in [6.07, 6.45) is 3.93. The Labute approximate surface area is 223 Å². The second kappa shape index (κ2) is 9.71. The summed E-state index contributed by atoms with van der Waals surface area (Å²) < 4.78 is 55.7. The predicted octanol–water partition coefficient (Wildman–Crippen LogP) is 3.68. The van der Waals surface area contributed by atoms with Crippen molar-refractivity contribution in [2.45, 2.75) is 48.2 Å². The first-order valence-electron chi connectivity index (χ1n) is 12.1. The number of fused-ring (bicyclic) bond motifs is 2. The van der Waals surface area contributed by atoms with Gasteiger partial charge in [-0.15, -0.1) is 0 Å². The number of aromatic nitrogens is 2. The number of benzene rings is 2. The summed E-state index contributed by atoms with van der Waals surface area (Å²) >= 11 is 6.27. The number of nitrogens with one attached hydrogen (secondary N) is 1. The third-order valence-electron chi connectivity index (χ3n) is 8.08. The van der Waals surface area contributed by atoms with Crippen molar-refractivity contribution in [2.24, 2.45) is 17.8 Å². The molecular formula is C26H26ClF2N3O5S. The molecule has 0 spiro atoms. The Kier molecular flexibility index (Phi) is 6.83. The standard InChI is InChI=1S/C26H26ClF2N3O5S/c1-14-18-10-17(11-19(14)26(18,35)24(33)12-32-7-6-30-13-32)38(36,37)23-8-15(2-4-20(23)27)25(34)31-16-3-5-21(28)22(29)9-16/h2-9,13-14,17-19,24,33,35H,10-12H2,1H3,(H,31,34). The van der Waals surface area contributed by atoms with E-state index in [1.807, 2.05) is 6.92 Å². The van der Waals surface area contributed by atoms with Crippen molar-refractivity contribution in [3.8, 4) is 0 Å². The van der Waals surface area contributed by atoms with Crippen LogP contribution in [0.5, 0.6) is 0 Å². The van der Waals surface area contributed by atoms with Crippen LogP contribution >= 0.6 is 11.6 Å². The first-order valence-corrected chi connectivity index (χ1v) is 14.0. The van der Waals surface area contributed by atoms with Gasteiger partial charge in [-0.1, -0.05) is 18.5 Å². The number of aliphatic hydroxyl groups is 2. The number of rotatable bonds is 7. The number of hydrogen-bond donors (Lipinski definition) is 3. The van der Waals surface area contributed by atoms with Crippen LogP contribution in [0.4, 0.5) is 14.5 Å². The summed E-state index contributed by atoms with van der Waals surface area (Å²) in [5.41, 5.74) is -1.45. The number of sulfone groups is 1. The molecule has 3 fully saturated rings. The molecule has 2 aromatic carbocycles. The molecule has 3 aliphatic carbocycles. The predicted molar refractivity (Wildman–Crippen MR) is 135 cm³/mol. The van der Waals surface area contributed by atoms with Crippen molar-refractivity contribution < 1.29 is 32.2 Å². The van der Waals surface area contributed by atoms with Gasteiger partial charge in [-0.25, -0.2) is 22.2 Å². The van der Waals surface area contributed by atoms with E-state index in [-0.39, 0.29) is 46.5 Å². The van der Waals surface area contributed by atoms with Crippen LogP contribution in [0.2, 0.25) is 5.02 Å². The lowest BCUT2D eigenvalue weighted by atomic mass is 9.46. The monoisotopic (exact) mass is 565 g/mol. The van der Waals surface area contributed by atoms with E-state index in [1.165, 1.54) is 24.5 Å². The maximum absolute atomic E-state index is 13.7. The zero-order chi connectivity index (χ0) is 27.4.